The summed E-state index contributed by atoms with van der Waals surface area (Å²) in [4.78, 5) is 0. The van der Waals surface area contributed by atoms with Crippen LogP contribution in [-0.4, -0.2) is 19.3 Å². The third kappa shape index (κ3) is 5.03. The fourth-order valence-corrected chi connectivity index (χ4v) is 1.95. The van der Waals surface area contributed by atoms with Gasteiger partial charge in [0.2, 0.25) is 5.96 Å². The van der Waals surface area contributed by atoms with Crippen LogP contribution in [0.25, 0.3) is 0 Å². The molecule has 0 heterocycles. The van der Waals surface area contributed by atoms with Crippen LogP contribution in [0.5, 0.6) is 11.5 Å². The van der Waals surface area contributed by atoms with Crippen LogP contribution in [0.1, 0.15) is 16.7 Å². The molecule has 0 saturated carbocycles. The number of benzene rings is 2. The van der Waals surface area contributed by atoms with Crippen LogP contribution in [0.3, 0.4) is 0 Å². The number of ether oxygens (including phenoxy) is 2. The van der Waals surface area contributed by atoms with Crippen LogP contribution in [0.4, 0.5) is 0 Å². The van der Waals surface area contributed by atoms with E-state index >= 15 is 0 Å². The zero-order chi connectivity index (χ0) is 16.7. The van der Waals surface area contributed by atoms with Crippen molar-refractivity contribution in [3.63, 3.8) is 0 Å². The predicted molar refractivity (Wildman–Crippen MR) is 91.9 cm³/mol. The van der Waals surface area contributed by atoms with E-state index in [1.54, 1.807) is 13.3 Å². The zero-order valence-corrected chi connectivity index (χ0v) is 13.2. The molecule has 2 aromatic carbocycles. The average Bonchev–Trinajstić information content (AvgIpc) is 2.54. The van der Waals surface area contributed by atoms with Crippen LogP contribution >= 0.6 is 0 Å². The molecule has 0 aliphatic rings. The number of nitrogens with two attached hydrogens (primary N) is 2. The minimum absolute atomic E-state index is 0.0855. The van der Waals surface area contributed by atoms with E-state index in [4.69, 9.17) is 20.9 Å². The van der Waals surface area contributed by atoms with E-state index in [0.29, 0.717) is 6.61 Å². The molecule has 0 atom stereocenters. The fraction of sp³-hybridized carbons (Fsp3) is 0.176. The second-order valence-corrected chi connectivity index (χ2v) is 4.94. The van der Waals surface area contributed by atoms with Gasteiger partial charge >= 0.3 is 0 Å². The van der Waals surface area contributed by atoms with Gasteiger partial charge in [-0.1, -0.05) is 17.7 Å². The second kappa shape index (κ2) is 7.84. The van der Waals surface area contributed by atoms with Gasteiger partial charge in [-0.3, -0.25) is 0 Å². The second-order valence-electron chi connectivity index (χ2n) is 4.94. The molecule has 0 fully saturated rings. The van der Waals surface area contributed by atoms with Crippen molar-refractivity contribution in [1.82, 2.24) is 0 Å². The van der Waals surface area contributed by atoms with Crippen molar-refractivity contribution in [1.29, 1.82) is 0 Å². The Bertz CT molecular complexity index is 705. The number of guanidine groups is 1. The minimum atomic E-state index is -0.0855. The maximum atomic E-state index is 5.80. The quantitative estimate of drug-likeness (QED) is 0.485. The molecule has 2 aromatic rings. The largest absolute Gasteiger partial charge is 0.496 e. The first-order valence-corrected chi connectivity index (χ1v) is 7.07. The number of aryl methyl sites for hydroxylation is 1. The van der Waals surface area contributed by atoms with Crippen molar-refractivity contribution in [2.24, 2.45) is 21.7 Å². The van der Waals surface area contributed by atoms with Gasteiger partial charge in [0.1, 0.15) is 18.1 Å². The third-order valence-electron chi connectivity index (χ3n) is 3.10. The highest BCUT2D eigenvalue weighted by atomic mass is 16.5. The van der Waals surface area contributed by atoms with Crippen molar-refractivity contribution in [3.05, 3.63) is 59.2 Å². The van der Waals surface area contributed by atoms with Gasteiger partial charge in [0.05, 0.1) is 13.3 Å². The van der Waals surface area contributed by atoms with Crippen LogP contribution < -0.4 is 20.9 Å². The molecule has 6 nitrogen and oxygen atoms in total. The molecule has 6 heteroatoms. The number of hydrogen-bond donors (Lipinski definition) is 2. The molecule has 2 rings (SSSR count). The maximum absolute atomic E-state index is 5.80. The number of nitrogens with zero attached hydrogens (tertiary/aromatic N) is 2. The van der Waals surface area contributed by atoms with Gasteiger partial charge in [0, 0.05) is 5.56 Å². The molecule has 0 saturated heterocycles. The predicted octanol–water partition coefficient (Wildman–Crippen LogP) is 2.19. The first-order chi connectivity index (χ1) is 11.1. The Labute approximate surface area is 135 Å². The molecule has 120 valence electrons. The van der Waals surface area contributed by atoms with Gasteiger partial charge in [-0.2, -0.15) is 5.10 Å². The normalized spacial score (nSPS) is 10.5. The van der Waals surface area contributed by atoms with E-state index in [1.807, 2.05) is 49.4 Å². The molecule has 0 aromatic heterocycles. The molecule has 0 unspecified atom stereocenters. The Morgan fingerprint density at radius 1 is 1.13 bits per heavy atom. The standard InChI is InChI=1S/C17H20N4O2/c1-12-3-6-15(7-4-12)23-11-14-9-13(5-8-16(14)22-2)10-20-21-17(18)19/h3-10H,11H2,1-2H3,(H4,18,19,21). The number of rotatable bonds is 6. The van der Waals surface area contributed by atoms with Crippen molar-refractivity contribution < 1.29 is 9.47 Å². The summed E-state index contributed by atoms with van der Waals surface area (Å²) in [7, 11) is 1.62. The Morgan fingerprint density at radius 3 is 2.52 bits per heavy atom. The number of hydrogen-bond acceptors (Lipinski definition) is 4. The van der Waals surface area contributed by atoms with Gasteiger partial charge < -0.3 is 20.9 Å². The molecule has 0 amide bonds. The smallest absolute Gasteiger partial charge is 0.211 e. The lowest BCUT2D eigenvalue weighted by Gasteiger charge is -2.11. The van der Waals surface area contributed by atoms with Crippen molar-refractivity contribution in [2.45, 2.75) is 13.5 Å². The summed E-state index contributed by atoms with van der Waals surface area (Å²) in [5, 5.41) is 7.37. The summed E-state index contributed by atoms with van der Waals surface area (Å²) in [6.45, 7) is 2.42. The summed E-state index contributed by atoms with van der Waals surface area (Å²) >= 11 is 0. The first kappa shape index (κ1) is 16.4. The van der Waals surface area contributed by atoms with Crippen molar-refractivity contribution in [2.75, 3.05) is 7.11 Å². The number of methoxy groups -OCH3 is 1. The molecule has 23 heavy (non-hydrogen) atoms. The van der Waals surface area contributed by atoms with Crippen LogP contribution in [0.15, 0.2) is 52.7 Å². The lowest BCUT2D eigenvalue weighted by molar-refractivity contribution is 0.296. The highest BCUT2D eigenvalue weighted by Crippen LogP contribution is 2.22. The van der Waals surface area contributed by atoms with E-state index in [1.165, 1.54) is 5.56 Å². The summed E-state index contributed by atoms with van der Waals surface area (Å²) in [6, 6.07) is 13.5. The Balaban J connectivity index is 2.13. The van der Waals surface area contributed by atoms with Gasteiger partial charge in [-0.15, -0.1) is 5.10 Å². The maximum Gasteiger partial charge on any atom is 0.211 e. The third-order valence-corrected chi connectivity index (χ3v) is 3.10. The van der Waals surface area contributed by atoms with Gasteiger partial charge in [-0.05, 0) is 42.8 Å². The van der Waals surface area contributed by atoms with E-state index in [9.17, 15) is 0 Å². The SMILES string of the molecule is COc1ccc(C=NN=C(N)N)cc1COc1ccc(C)cc1. The Hall–Kier alpha value is -3.02. The van der Waals surface area contributed by atoms with Gasteiger partial charge in [0.15, 0.2) is 0 Å². The highest BCUT2D eigenvalue weighted by Gasteiger charge is 2.05. The van der Waals surface area contributed by atoms with Crippen molar-refractivity contribution >= 4 is 12.2 Å². The lowest BCUT2D eigenvalue weighted by atomic mass is 10.1. The highest BCUT2D eigenvalue weighted by molar-refractivity contribution is 5.82. The molecular weight excluding hydrogens is 292 g/mol. The Morgan fingerprint density at radius 2 is 1.87 bits per heavy atom. The molecule has 0 bridgehead atoms. The van der Waals surface area contributed by atoms with Crippen molar-refractivity contribution in [3.8, 4) is 11.5 Å². The zero-order valence-electron chi connectivity index (χ0n) is 13.2. The monoisotopic (exact) mass is 312 g/mol. The molecule has 0 radical (unpaired) electrons. The van der Waals surface area contributed by atoms with Crippen LogP contribution in [0.2, 0.25) is 0 Å². The first-order valence-electron chi connectivity index (χ1n) is 7.07. The van der Waals surface area contributed by atoms with E-state index in [0.717, 1.165) is 22.6 Å². The molecular formula is C17H20N4O2. The summed E-state index contributed by atoms with van der Waals surface area (Å²) in [5.41, 5.74) is 13.4. The molecule has 0 aliphatic heterocycles. The average molecular weight is 312 g/mol. The summed E-state index contributed by atoms with van der Waals surface area (Å²) in [6.07, 6.45) is 1.56. The molecule has 0 aliphatic carbocycles. The fourth-order valence-electron chi connectivity index (χ4n) is 1.95. The molecule has 4 N–H and O–H groups in total. The van der Waals surface area contributed by atoms with Crippen LogP contribution in [0, 0.1) is 6.92 Å². The minimum Gasteiger partial charge on any atom is -0.496 e. The van der Waals surface area contributed by atoms with Gasteiger partial charge in [-0.25, -0.2) is 0 Å². The van der Waals surface area contributed by atoms with E-state index in [2.05, 4.69) is 10.2 Å². The lowest BCUT2D eigenvalue weighted by Crippen LogP contribution is -2.21. The van der Waals surface area contributed by atoms with Gasteiger partial charge in [0.25, 0.3) is 0 Å². The van der Waals surface area contributed by atoms with Crippen LogP contribution in [-0.2, 0) is 6.61 Å². The topological polar surface area (TPSA) is 95.2 Å². The summed E-state index contributed by atoms with van der Waals surface area (Å²) in [5.74, 6) is 1.46. The summed E-state index contributed by atoms with van der Waals surface area (Å²) < 4.78 is 11.2. The van der Waals surface area contributed by atoms with E-state index < -0.39 is 0 Å². The van der Waals surface area contributed by atoms with E-state index in [-0.39, 0.29) is 5.96 Å². The molecule has 0 spiro atoms. The Kier molecular flexibility index (Phi) is 5.57.